The molecule has 0 aliphatic heterocycles. The molecule has 0 atom stereocenters. The van der Waals surface area contributed by atoms with Crippen LogP contribution in [0.15, 0.2) is 42.5 Å². The molecule has 0 radical (unpaired) electrons. The maximum Gasteiger partial charge on any atom is 0.275 e. The molecule has 0 fully saturated rings. The number of hydrogen-bond acceptors (Lipinski definition) is 2. The third-order valence-corrected chi connectivity index (χ3v) is 4.06. The Morgan fingerprint density at radius 1 is 1.23 bits per heavy atom. The number of aryl methyl sites for hydroxylation is 2. The molecule has 112 valence electrons. The molecule has 0 aliphatic rings. The molecule has 1 aromatic heterocycles. The van der Waals surface area contributed by atoms with E-state index in [-0.39, 0.29) is 5.91 Å². The van der Waals surface area contributed by atoms with Gasteiger partial charge in [-0.2, -0.15) is 5.10 Å². The van der Waals surface area contributed by atoms with E-state index in [1.165, 1.54) is 0 Å². The molecule has 0 unspecified atom stereocenters. The smallest absolute Gasteiger partial charge is 0.275 e. The molecule has 0 spiro atoms. The summed E-state index contributed by atoms with van der Waals surface area (Å²) in [5.74, 6) is -0.246. The Hall–Kier alpha value is -2.33. The molecule has 2 aromatic carbocycles. The number of amides is 1. The third-order valence-electron chi connectivity index (χ3n) is 3.61. The molecule has 0 saturated carbocycles. The number of carbonyl (C=O) groups excluding carboxylic acids is 1. The Kier molecular flexibility index (Phi) is 3.86. The molecule has 0 saturated heterocycles. The van der Waals surface area contributed by atoms with Gasteiger partial charge in [-0.3, -0.25) is 9.48 Å². The number of carbonyl (C=O) groups is 1. The van der Waals surface area contributed by atoms with E-state index in [0.717, 1.165) is 16.5 Å². The van der Waals surface area contributed by atoms with Crippen molar-refractivity contribution in [3.05, 3.63) is 58.9 Å². The lowest BCUT2D eigenvalue weighted by Gasteiger charge is -2.10. The van der Waals surface area contributed by atoms with Crippen LogP contribution < -0.4 is 5.32 Å². The van der Waals surface area contributed by atoms with Crippen molar-refractivity contribution in [3.63, 3.8) is 0 Å². The Bertz CT molecular complexity index is 849. The zero-order valence-corrected chi connectivity index (χ0v) is 13.2. The van der Waals surface area contributed by atoms with Crippen molar-refractivity contribution in [2.24, 2.45) is 0 Å². The number of halogens is 1. The topological polar surface area (TPSA) is 46.9 Å². The number of fused-ring (bicyclic) bond motifs is 1. The molecular formula is C17H16ClN3O. The predicted octanol–water partition coefficient (Wildman–Crippen LogP) is 4.27. The summed E-state index contributed by atoms with van der Waals surface area (Å²) in [5.41, 5.74) is 1.82. The zero-order chi connectivity index (χ0) is 15.7. The van der Waals surface area contributed by atoms with E-state index in [4.69, 9.17) is 11.6 Å². The third kappa shape index (κ3) is 2.46. The normalized spacial score (nSPS) is 10.9. The highest BCUT2D eigenvalue weighted by Gasteiger charge is 2.20. The minimum Gasteiger partial charge on any atom is -0.320 e. The molecule has 3 aromatic rings. The molecular weight excluding hydrogens is 298 g/mol. The number of nitrogens with zero attached hydrogens (tertiary/aromatic N) is 2. The Morgan fingerprint density at radius 2 is 1.95 bits per heavy atom. The average Bonchev–Trinajstić information content (AvgIpc) is 2.82. The van der Waals surface area contributed by atoms with Gasteiger partial charge in [0.15, 0.2) is 0 Å². The summed E-state index contributed by atoms with van der Waals surface area (Å²) in [4.78, 5) is 12.6. The van der Waals surface area contributed by atoms with Crippen LogP contribution in [0.4, 0.5) is 5.69 Å². The monoisotopic (exact) mass is 313 g/mol. The van der Waals surface area contributed by atoms with Crippen molar-refractivity contribution in [2.75, 3.05) is 5.32 Å². The molecule has 4 nitrogen and oxygen atoms in total. The lowest BCUT2D eigenvalue weighted by molar-refractivity contribution is 0.101. The standard InChI is InChI=1S/C17H16ClN3O/c1-3-21-16(15(18)11(2)20-21)17(22)19-14-10-6-8-12-7-4-5-9-13(12)14/h4-10H,3H2,1-2H3,(H,19,22). The fourth-order valence-corrected chi connectivity index (χ4v) is 2.74. The van der Waals surface area contributed by atoms with Crippen LogP contribution in [-0.2, 0) is 6.54 Å². The number of benzene rings is 2. The second-order valence-electron chi connectivity index (χ2n) is 5.04. The van der Waals surface area contributed by atoms with Crippen LogP contribution in [-0.4, -0.2) is 15.7 Å². The fourth-order valence-electron chi connectivity index (χ4n) is 2.52. The second-order valence-corrected chi connectivity index (χ2v) is 5.42. The van der Waals surface area contributed by atoms with Gasteiger partial charge in [0.25, 0.3) is 5.91 Å². The Balaban J connectivity index is 2.01. The molecule has 1 N–H and O–H groups in total. The molecule has 22 heavy (non-hydrogen) atoms. The summed E-state index contributed by atoms with van der Waals surface area (Å²) in [6, 6.07) is 13.7. The second kappa shape index (κ2) is 5.81. The van der Waals surface area contributed by atoms with Gasteiger partial charge in [0.05, 0.1) is 10.7 Å². The summed E-state index contributed by atoms with van der Waals surface area (Å²) in [5, 5.41) is 9.70. The highest BCUT2D eigenvalue weighted by Crippen LogP contribution is 2.25. The lowest BCUT2D eigenvalue weighted by Crippen LogP contribution is -2.18. The van der Waals surface area contributed by atoms with Crippen molar-refractivity contribution in [1.82, 2.24) is 9.78 Å². The van der Waals surface area contributed by atoms with Gasteiger partial charge in [0.2, 0.25) is 0 Å². The summed E-state index contributed by atoms with van der Waals surface area (Å²) in [6.07, 6.45) is 0. The van der Waals surface area contributed by atoms with Crippen LogP contribution in [0.2, 0.25) is 5.02 Å². The highest BCUT2D eigenvalue weighted by atomic mass is 35.5. The number of hydrogen-bond donors (Lipinski definition) is 1. The van der Waals surface area contributed by atoms with Crippen LogP contribution >= 0.6 is 11.6 Å². The van der Waals surface area contributed by atoms with Gasteiger partial charge in [-0.05, 0) is 25.3 Å². The summed E-state index contributed by atoms with van der Waals surface area (Å²) in [7, 11) is 0. The van der Waals surface area contributed by atoms with E-state index < -0.39 is 0 Å². The molecule has 0 aliphatic carbocycles. The van der Waals surface area contributed by atoms with Gasteiger partial charge < -0.3 is 5.32 Å². The molecule has 5 heteroatoms. The first-order valence-corrected chi connectivity index (χ1v) is 7.51. The maximum atomic E-state index is 12.6. The van der Waals surface area contributed by atoms with Crippen LogP contribution in [0.5, 0.6) is 0 Å². The van der Waals surface area contributed by atoms with Crippen molar-refractivity contribution in [1.29, 1.82) is 0 Å². The fraction of sp³-hybridized carbons (Fsp3) is 0.176. The van der Waals surface area contributed by atoms with Gasteiger partial charge in [0, 0.05) is 17.6 Å². The first-order chi connectivity index (χ1) is 10.6. The molecule has 1 heterocycles. The Morgan fingerprint density at radius 3 is 2.73 bits per heavy atom. The van der Waals surface area contributed by atoms with E-state index in [0.29, 0.717) is 23.0 Å². The van der Waals surface area contributed by atoms with E-state index in [1.54, 1.807) is 11.6 Å². The van der Waals surface area contributed by atoms with Gasteiger partial charge >= 0.3 is 0 Å². The molecule has 0 bridgehead atoms. The highest BCUT2D eigenvalue weighted by molar-refractivity contribution is 6.34. The lowest BCUT2D eigenvalue weighted by atomic mass is 10.1. The summed E-state index contributed by atoms with van der Waals surface area (Å²) in [6.45, 7) is 4.31. The SMILES string of the molecule is CCn1nc(C)c(Cl)c1C(=O)Nc1cccc2ccccc12. The van der Waals surface area contributed by atoms with Crippen molar-refractivity contribution < 1.29 is 4.79 Å². The minimum absolute atomic E-state index is 0.246. The van der Waals surface area contributed by atoms with Crippen molar-refractivity contribution >= 4 is 34.0 Å². The quantitative estimate of drug-likeness (QED) is 0.785. The number of aromatic nitrogens is 2. The maximum absolute atomic E-state index is 12.6. The van der Waals surface area contributed by atoms with Gasteiger partial charge in [-0.25, -0.2) is 0 Å². The van der Waals surface area contributed by atoms with E-state index >= 15 is 0 Å². The number of anilines is 1. The summed E-state index contributed by atoms with van der Waals surface area (Å²) < 4.78 is 1.62. The van der Waals surface area contributed by atoms with Gasteiger partial charge in [-0.1, -0.05) is 48.0 Å². The van der Waals surface area contributed by atoms with Crippen molar-refractivity contribution in [2.45, 2.75) is 20.4 Å². The average molecular weight is 314 g/mol. The van der Waals surface area contributed by atoms with Gasteiger partial charge in [0.1, 0.15) is 5.69 Å². The van der Waals surface area contributed by atoms with Gasteiger partial charge in [-0.15, -0.1) is 0 Å². The number of nitrogens with one attached hydrogen (secondary N) is 1. The molecule has 3 rings (SSSR count). The minimum atomic E-state index is -0.246. The largest absolute Gasteiger partial charge is 0.320 e. The Labute approximate surface area is 133 Å². The molecule has 1 amide bonds. The van der Waals surface area contributed by atoms with Crippen LogP contribution in [0.1, 0.15) is 23.1 Å². The van der Waals surface area contributed by atoms with E-state index in [1.807, 2.05) is 49.4 Å². The zero-order valence-electron chi connectivity index (χ0n) is 12.4. The first kappa shape index (κ1) is 14.6. The van der Waals surface area contributed by atoms with E-state index in [2.05, 4.69) is 10.4 Å². The van der Waals surface area contributed by atoms with Crippen LogP contribution in [0, 0.1) is 6.92 Å². The van der Waals surface area contributed by atoms with E-state index in [9.17, 15) is 4.79 Å². The predicted molar refractivity (Wildman–Crippen MR) is 89.5 cm³/mol. The van der Waals surface area contributed by atoms with Crippen LogP contribution in [0.3, 0.4) is 0 Å². The number of rotatable bonds is 3. The first-order valence-electron chi connectivity index (χ1n) is 7.14. The summed E-state index contributed by atoms with van der Waals surface area (Å²) >= 11 is 6.23. The van der Waals surface area contributed by atoms with Crippen LogP contribution in [0.25, 0.3) is 10.8 Å². The van der Waals surface area contributed by atoms with Crippen molar-refractivity contribution in [3.8, 4) is 0 Å².